The first kappa shape index (κ1) is 12.8. The van der Waals surface area contributed by atoms with Crippen molar-refractivity contribution in [2.45, 2.75) is 24.7 Å². The van der Waals surface area contributed by atoms with Crippen LogP contribution in [0.5, 0.6) is 0 Å². The van der Waals surface area contributed by atoms with E-state index in [1.165, 1.54) is 0 Å². The van der Waals surface area contributed by atoms with Crippen LogP contribution in [-0.2, 0) is 9.47 Å². The molecule has 0 aromatic heterocycles. The molecule has 3 atom stereocenters. The fraction of sp³-hybridized carbons (Fsp3) is 1.00. The van der Waals surface area contributed by atoms with Crippen molar-refractivity contribution in [3.8, 4) is 0 Å². The Morgan fingerprint density at radius 1 is 1.38 bits per heavy atom. The molecule has 0 aliphatic carbocycles. The lowest BCUT2D eigenvalue weighted by molar-refractivity contribution is -0.147. The standard InChI is InChI=1S/C6H12O4.C2H6O/c7-3-5-6(9)4(8)1-2-10-5;1-3-2/h4-9H,1-3H2;1-2H3. The smallest absolute Gasteiger partial charge is 0.109 e. The molecule has 0 aromatic carbocycles. The van der Waals surface area contributed by atoms with Crippen LogP contribution in [0.2, 0.25) is 0 Å². The molecule has 80 valence electrons. The summed E-state index contributed by atoms with van der Waals surface area (Å²) >= 11 is 0. The third-order valence-corrected chi connectivity index (χ3v) is 1.70. The zero-order valence-electron chi connectivity index (χ0n) is 8.01. The van der Waals surface area contributed by atoms with Crippen molar-refractivity contribution >= 4 is 0 Å². The first-order chi connectivity index (χ1) is 6.17. The van der Waals surface area contributed by atoms with Crippen LogP contribution < -0.4 is 0 Å². The largest absolute Gasteiger partial charge is 0.394 e. The number of hydrogen-bond donors (Lipinski definition) is 3. The van der Waals surface area contributed by atoms with Crippen LogP contribution in [0.4, 0.5) is 0 Å². The molecule has 5 heteroatoms. The summed E-state index contributed by atoms with van der Waals surface area (Å²) in [5.41, 5.74) is 0. The Hall–Kier alpha value is -0.200. The molecule has 0 spiro atoms. The summed E-state index contributed by atoms with van der Waals surface area (Å²) in [6.07, 6.45) is -1.84. The zero-order valence-corrected chi connectivity index (χ0v) is 8.01. The molecule has 1 aliphatic rings. The Morgan fingerprint density at radius 3 is 2.31 bits per heavy atom. The van der Waals surface area contributed by atoms with Gasteiger partial charge in [0.2, 0.25) is 0 Å². The number of rotatable bonds is 1. The summed E-state index contributed by atoms with van der Waals surface area (Å²) in [4.78, 5) is 0. The molecule has 0 radical (unpaired) electrons. The van der Waals surface area contributed by atoms with Gasteiger partial charge in [-0.05, 0) is 6.42 Å². The molecule has 13 heavy (non-hydrogen) atoms. The van der Waals surface area contributed by atoms with Gasteiger partial charge in [-0.15, -0.1) is 0 Å². The minimum absolute atomic E-state index is 0.238. The quantitative estimate of drug-likeness (QED) is 0.486. The van der Waals surface area contributed by atoms with E-state index in [9.17, 15) is 0 Å². The number of aliphatic hydroxyl groups is 3. The van der Waals surface area contributed by atoms with Crippen molar-refractivity contribution in [1.29, 1.82) is 0 Å². The third kappa shape index (κ3) is 4.54. The summed E-state index contributed by atoms with van der Waals surface area (Å²) in [7, 11) is 3.25. The Balaban J connectivity index is 0.000000424. The Kier molecular flexibility index (Phi) is 7.12. The van der Waals surface area contributed by atoms with Gasteiger partial charge in [-0.1, -0.05) is 0 Å². The Labute approximate surface area is 77.9 Å². The second kappa shape index (κ2) is 7.23. The molecule has 1 fully saturated rings. The Bertz CT molecular complexity index is 119. The van der Waals surface area contributed by atoms with E-state index in [0.717, 1.165) is 0 Å². The lowest BCUT2D eigenvalue weighted by atomic mass is 10.0. The highest BCUT2D eigenvalue weighted by Gasteiger charge is 2.30. The molecule has 1 heterocycles. The van der Waals surface area contributed by atoms with Crippen LogP contribution in [0.3, 0.4) is 0 Å². The second-order valence-corrected chi connectivity index (χ2v) is 2.85. The molecule has 1 rings (SSSR count). The maximum atomic E-state index is 9.10. The highest BCUT2D eigenvalue weighted by atomic mass is 16.5. The van der Waals surface area contributed by atoms with Crippen molar-refractivity contribution in [2.24, 2.45) is 0 Å². The average Bonchev–Trinajstić information content (AvgIpc) is 2.11. The molecule has 5 nitrogen and oxygen atoms in total. The maximum Gasteiger partial charge on any atom is 0.109 e. The van der Waals surface area contributed by atoms with Crippen molar-refractivity contribution in [3.63, 3.8) is 0 Å². The number of hydrogen-bond acceptors (Lipinski definition) is 5. The van der Waals surface area contributed by atoms with Gasteiger partial charge in [-0.2, -0.15) is 0 Å². The summed E-state index contributed by atoms with van der Waals surface area (Å²) in [6.45, 7) is 0.168. The monoisotopic (exact) mass is 194 g/mol. The molecular weight excluding hydrogens is 176 g/mol. The number of aliphatic hydroxyl groups excluding tert-OH is 3. The molecule has 1 aliphatic heterocycles. The molecule has 3 unspecified atom stereocenters. The summed E-state index contributed by atoms with van der Waals surface area (Å²) < 4.78 is 9.20. The van der Waals surface area contributed by atoms with Crippen molar-refractivity contribution in [3.05, 3.63) is 0 Å². The van der Waals surface area contributed by atoms with Crippen LogP contribution >= 0.6 is 0 Å². The first-order valence-corrected chi connectivity index (χ1v) is 4.16. The van der Waals surface area contributed by atoms with E-state index >= 15 is 0 Å². The van der Waals surface area contributed by atoms with Gasteiger partial charge >= 0.3 is 0 Å². The van der Waals surface area contributed by atoms with Gasteiger partial charge in [0.1, 0.15) is 12.2 Å². The van der Waals surface area contributed by atoms with Gasteiger partial charge in [-0.25, -0.2) is 0 Å². The van der Waals surface area contributed by atoms with Gasteiger partial charge in [0, 0.05) is 20.8 Å². The highest BCUT2D eigenvalue weighted by molar-refractivity contribution is 4.79. The summed E-state index contributed by atoms with van der Waals surface area (Å²) in [5, 5.41) is 26.7. The molecule has 1 saturated heterocycles. The predicted molar refractivity (Wildman–Crippen MR) is 46.4 cm³/mol. The molecule has 0 saturated carbocycles. The topological polar surface area (TPSA) is 79.2 Å². The van der Waals surface area contributed by atoms with E-state index in [4.69, 9.17) is 20.1 Å². The molecule has 3 N–H and O–H groups in total. The van der Waals surface area contributed by atoms with Crippen molar-refractivity contribution < 1.29 is 24.8 Å². The lowest BCUT2D eigenvalue weighted by Crippen LogP contribution is -2.46. The van der Waals surface area contributed by atoms with Gasteiger partial charge in [0.25, 0.3) is 0 Å². The molecule has 0 amide bonds. The average molecular weight is 194 g/mol. The molecule has 0 bridgehead atoms. The maximum absolute atomic E-state index is 9.10. The minimum Gasteiger partial charge on any atom is -0.394 e. The second-order valence-electron chi connectivity index (χ2n) is 2.85. The molecule has 0 aromatic rings. The van der Waals surface area contributed by atoms with E-state index in [0.29, 0.717) is 13.0 Å². The van der Waals surface area contributed by atoms with Crippen molar-refractivity contribution in [2.75, 3.05) is 27.4 Å². The fourth-order valence-electron chi connectivity index (χ4n) is 1.02. The SMILES string of the molecule is COC.OCC1OCCC(O)C1O. The van der Waals surface area contributed by atoms with Gasteiger partial charge in [-0.3, -0.25) is 0 Å². The molecular formula is C8H18O5. The third-order valence-electron chi connectivity index (χ3n) is 1.70. The van der Waals surface area contributed by atoms with Crippen LogP contribution in [-0.4, -0.2) is 61.1 Å². The lowest BCUT2D eigenvalue weighted by Gasteiger charge is -2.30. The minimum atomic E-state index is -0.932. The van der Waals surface area contributed by atoms with Crippen LogP contribution in [0.1, 0.15) is 6.42 Å². The predicted octanol–water partition coefficient (Wildman–Crippen LogP) is -1.25. The number of methoxy groups -OCH3 is 1. The number of ether oxygens (including phenoxy) is 2. The fourth-order valence-corrected chi connectivity index (χ4v) is 1.02. The van der Waals surface area contributed by atoms with E-state index in [1.54, 1.807) is 14.2 Å². The van der Waals surface area contributed by atoms with Crippen LogP contribution in [0.15, 0.2) is 0 Å². The van der Waals surface area contributed by atoms with Gasteiger partial charge < -0.3 is 24.8 Å². The van der Waals surface area contributed by atoms with E-state index in [-0.39, 0.29) is 6.61 Å². The Morgan fingerprint density at radius 2 is 1.92 bits per heavy atom. The van der Waals surface area contributed by atoms with Crippen LogP contribution in [0, 0.1) is 0 Å². The van der Waals surface area contributed by atoms with Crippen LogP contribution in [0.25, 0.3) is 0 Å². The van der Waals surface area contributed by atoms with E-state index in [1.807, 2.05) is 0 Å². The first-order valence-electron chi connectivity index (χ1n) is 4.16. The van der Waals surface area contributed by atoms with E-state index in [2.05, 4.69) is 4.74 Å². The highest BCUT2D eigenvalue weighted by Crippen LogP contribution is 2.13. The van der Waals surface area contributed by atoms with Gasteiger partial charge in [0.15, 0.2) is 0 Å². The van der Waals surface area contributed by atoms with Gasteiger partial charge in [0.05, 0.1) is 12.7 Å². The summed E-state index contributed by atoms with van der Waals surface area (Å²) in [5.74, 6) is 0. The van der Waals surface area contributed by atoms with Crippen molar-refractivity contribution in [1.82, 2.24) is 0 Å². The van der Waals surface area contributed by atoms with E-state index < -0.39 is 18.3 Å². The summed E-state index contributed by atoms with van der Waals surface area (Å²) in [6, 6.07) is 0. The normalized spacial score (nSPS) is 33.5. The zero-order chi connectivity index (χ0) is 10.3.